The van der Waals surface area contributed by atoms with Crippen LogP contribution >= 0.6 is 11.5 Å². The topological polar surface area (TPSA) is 62.3 Å². The first-order valence-electron chi connectivity index (χ1n) is 6.58. The van der Waals surface area contributed by atoms with Gasteiger partial charge >= 0.3 is 0 Å². The number of aromatic nitrogens is 1. The van der Waals surface area contributed by atoms with Gasteiger partial charge in [-0.25, -0.2) is 0 Å². The Morgan fingerprint density at radius 2 is 2.05 bits per heavy atom. The number of Topliss-reactive ketones (excluding diaryl/α,β-unsaturated/α-hetero) is 1. The number of rotatable bonds is 5. The Morgan fingerprint density at radius 3 is 2.68 bits per heavy atom. The van der Waals surface area contributed by atoms with Crippen LogP contribution in [0.25, 0.3) is 0 Å². The molecule has 0 aromatic carbocycles. The van der Waals surface area contributed by atoms with Crippen LogP contribution in [-0.2, 0) is 4.79 Å². The molecular weight excluding hydrogens is 262 g/mol. The van der Waals surface area contributed by atoms with E-state index >= 15 is 0 Å². The van der Waals surface area contributed by atoms with Gasteiger partial charge in [-0.1, -0.05) is 0 Å². The standard InChI is InChI=1S/C13H19N3O2S/c1-9-12(10(2)17)13(19-15-9)14-6-5-11(18)16-7-3-4-8-16/h14H,3-8H2,1-2H3. The van der Waals surface area contributed by atoms with Crippen molar-refractivity contribution >= 4 is 28.2 Å². The van der Waals surface area contributed by atoms with Gasteiger partial charge in [0, 0.05) is 26.1 Å². The van der Waals surface area contributed by atoms with E-state index in [0.29, 0.717) is 18.5 Å². The Hall–Kier alpha value is -1.43. The summed E-state index contributed by atoms with van der Waals surface area (Å²) < 4.78 is 4.18. The lowest BCUT2D eigenvalue weighted by molar-refractivity contribution is -0.129. The molecule has 2 rings (SSSR count). The number of hydrogen-bond acceptors (Lipinski definition) is 5. The predicted octanol–water partition coefficient (Wildman–Crippen LogP) is 2.08. The molecule has 1 aromatic heterocycles. The number of likely N-dealkylation sites (tertiary alicyclic amines) is 1. The summed E-state index contributed by atoms with van der Waals surface area (Å²) in [6, 6.07) is 0. The fraction of sp³-hybridized carbons (Fsp3) is 0.615. The first-order valence-corrected chi connectivity index (χ1v) is 7.36. The lowest BCUT2D eigenvalue weighted by Crippen LogP contribution is -2.29. The zero-order valence-electron chi connectivity index (χ0n) is 11.4. The molecule has 6 heteroatoms. The highest BCUT2D eigenvalue weighted by molar-refractivity contribution is 7.10. The second-order valence-electron chi connectivity index (χ2n) is 4.79. The van der Waals surface area contributed by atoms with Crippen molar-refractivity contribution in [1.29, 1.82) is 0 Å². The maximum absolute atomic E-state index is 11.9. The van der Waals surface area contributed by atoms with E-state index in [1.54, 1.807) is 0 Å². The molecule has 5 nitrogen and oxygen atoms in total. The van der Waals surface area contributed by atoms with Crippen LogP contribution in [0.1, 0.15) is 42.2 Å². The number of carbonyl (C=O) groups excluding carboxylic acids is 2. The van der Waals surface area contributed by atoms with E-state index in [9.17, 15) is 9.59 Å². The number of carbonyl (C=O) groups is 2. The van der Waals surface area contributed by atoms with E-state index in [1.165, 1.54) is 18.5 Å². The molecular formula is C13H19N3O2S. The van der Waals surface area contributed by atoms with E-state index < -0.39 is 0 Å². The normalized spacial score (nSPS) is 14.7. The van der Waals surface area contributed by atoms with Gasteiger partial charge in [0.1, 0.15) is 5.00 Å². The quantitative estimate of drug-likeness (QED) is 0.839. The van der Waals surface area contributed by atoms with Crippen molar-refractivity contribution < 1.29 is 9.59 Å². The van der Waals surface area contributed by atoms with E-state index in [0.717, 1.165) is 36.6 Å². The fourth-order valence-corrected chi connectivity index (χ4v) is 3.18. The summed E-state index contributed by atoms with van der Waals surface area (Å²) in [5.74, 6) is 0.204. The van der Waals surface area contributed by atoms with Crippen LogP contribution < -0.4 is 5.32 Å². The molecule has 0 aliphatic carbocycles. The molecule has 1 aliphatic heterocycles. The molecule has 0 saturated carbocycles. The van der Waals surface area contributed by atoms with Gasteiger partial charge in [0.15, 0.2) is 5.78 Å². The summed E-state index contributed by atoms with van der Waals surface area (Å²) in [7, 11) is 0. The Labute approximate surface area is 117 Å². The monoisotopic (exact) mass is 281 g/mol. The summed E-state index contributed by atoms with van der Waals surface area (Å²) in [6.07, 6.45) is 2.69. The lowest BCUT2D eigenvalue weighted by atomic mass is 10.2. The van der Waals surface area contributed by atoms with E-state index in [-0.39, 0.29) is 11.7 Å². The number of aryl methyl sites for hydroxylation is 1. The maximum Gasteiger partial charge on any atom is 0.224 e. The number of anilines is 1. The van der Waals surface area contributed by atoms with Gasteiger partial charge in [-0.2, -0.15) is 4.37 Å². The molecule has 1 aliphatic rings. The summed E-state index contributed by atoms with van der Waals surface area (Å²) in [4.78, 5) is 25.3. The average molecular weight is 281 g/mol. The number of nitrogens with zero attached hydrogens (tertiary/aromatic N) is 2. The van der Waals surface area contributed by atoms with Crippen molar-refractivity contribution in [3.05, 3.63) is 11.3 Å². The van der Waals surface area contributed by atoms with E-state index in [1.807, 2.05) is 11.8 Å². The molecule has 1 fully saturated rings. The molecule has 0 radical (unpaired) electrons. The second kappa shape index (κ2) is 6.14. The fourth-order valence-electron chi connectivity index (χ4n) is 2.31. The molecule has 1 amide bonds. The zero-order valence-corrected chi connectivity index (χ0v) is 12.2. The van der Waals surface area contributed by atoms with Gasteiger partial charge in [-0.15, -0.1) is 0 Å². The van der Waals surface area contributed by atoms with Gasteiger partial charge < -0.3 is 10.2 Å². The Kier molecular flexibility index (Phi) is 4.52. The number of amides is 1. The summed E-state index contributed by atoms with van der Waals surface area (Å²) in [5, 5.41) is 3.93. The van der Waals surface area contributed by atoms with Crippen LogP contribution in [0, 0.1) is 6.92 Å². The molecule has 2 heterocycles. The van der Waals surface area contributed by atoms with Crippen LogP contribution in [0.2, 0.25) is 0 Å². The molecule has 0 spiro atoms. The van der Waals surface area contributed by atoms with E-state index in [4.69, 9.17) is 0 Å². The number of hydrogen-bond donors (Lipinski definition) is 1. The Balaban J connectivity index is 1.85. The second-order valence-corrected chi connectivity index (χ2v) is 5.57. The summed E-state index contributed by atoms with van der Waals surface area (Å²) in [6.45, 7) is 5.69. The lowest BCUT2D eigenvalue weighted by Gasteiger charge is -2.15. The molecule has 19 heavy (non-hydrogen) atoms. The molecule has 0 bridgehead atoms. The minimum absolute atomic E-state index is 0.0135. The Bertz CT molecular complexity index is 478. The molecule has 1 saturated heterocycles. The predicted molar refractivity (Wildman–Crippen MR) is 75.8 cm³/mol. The highest BCUT2D eigenvalue weighted by atomic mass is 32.1. The smallest absolute Gasteiger partial charge is 0.224 e. The van der Waals surface area contributed by atoms with Crippen molar-refractivity contribution in [2.45, 2.75) is 33.1 Å². The molecule has 104 valence electrons. The highest BCUT2D eigenvalue weighted by Crippen LogP contribution is 2.24. The minimum atomic E-state index is 0.0135. The van der Waals surface area contributed by atoms with Crippen molar-refractivity contribution in [3.8, 4) is 0 Å². The van der Waals surface area contributed by atoms with Gasteiger partial charge in [0.05, 0.1) is 11.3 Å². The van der Waals surface area contributed by atoms with Crippen LogP contribution in [0.4, 0.5) is 5.00 Å². The summed E-state index contributed by atoms with van der Waals surface area (Å²) in [5.41, 5.74) is 1.41. The maximum atomic E-state index is 11.9. The van der Waals surface area contributed by atoms with Crippen LogP contribution in [0.15, 0.2) is 0 Å². The molecule has 1 aromatic rings. The Morgan fingerprint density at radius 1 is 1.37 bits per heavy atom. The van der Waals surface area contributed by atoms with Crippen LogP contribution in [0.3, 0.4) is 0 Å². The van der Waals surface area contributed by atoms with Gasteiger partial charge in [0.2, 0.25) is 5.91 Å². The first kappa shape index (κ1) is 14.0. The minimum Gasteiger partial charge on any atom is -0.375 e. The molecule has 0 unspecified atom stereocenters. The third-order valence-electron chi connectivity index (χ3n) is 3.30. The first-order chi connectivity index (χ1) is 9.09. The molecule has 1 N–H and O–H groups in total. The van der Waals surface area contributed by atoms with Gasteiger partial charge in [-0.3, -0.25) is 9.59 Å². The van der Waals surface area contributed by atoms with Gasteiger partial charge in [0.25, 0.3) is 0 Å². The van der Waals surface area contributed by atoms with Crippen LogP contribution in [0.5, 0.6) is 0 Å². The van der Waals surface area contributed by atoms with Crippen molar-refractivity contribution in [1.82, 2.24) is 9.27 Å². The zero-order chi connectivity index (χ0) is 13.8. The van der Waals surface area contributed by atoms with E-state index in [2.05, 4.69) is 9.69 Å². The van der Waals surface area contributed by atoms with Crippen LogP contribution in [-0.4, -0.2) is 40.6 Å². The SMILES string of the molecule is CC(=O)c1c(C)nsc1NCCC(=O)N1CCCC1. The van der Waals surface area contributed by atoms with Crippen molar-refractivity contribution in [2.24, 2.45) is 0 Å². The van der Waals surface area contributed by atoms with Gasteiger partial charge in [-0.05, 0) is 38.2 Å². The summed E-state index contributed by atoms with van der Waals surface area (Å²) >= 11 is 1.28. The highest BCUT2D eigenvalue weighted by Gasteiger charge is 2.18. The van der Waals surface area contributed by atoms with Crippen molar-refractivity contribution in [2.75, 3.05) is 25.0 Å². The third kappa shape index (κ3) is 3.32. The third-order valence-corrected chi connectivity index (χ3v) is 4.19. The largest absolute Gasteiger partial charge is 0.375 e. The average Bonchev–Trinajstić information content (AvgIpc) is 2.98. The molecule has 0 atom stereocenters. The number of ketones is 1. The van der Waals surface area contributed by atoms with Crippen molar-refractivity contribution in [3.63, 3.8) is 0 Å². The number of nitrogens with one attached hydrogen (secondary N) is 1.